The number of likely N-dealkylation sites (N-methyl/N-ethyl adjacent to an activating group) is 1. The molecule has 0 unspecified atom stereocenters. The third kappa shape index (κ3) is 5.94. The zero-order valence-electron chi connectivity index (χ0n) is 13.1. The Morgan fingerprint density at radius 3 is 2.50 bits per heavy atom. The molecule has 0 bridgehead atoms. The van der Waals surface area contributed by atoms with Gasteiger partial charge in [0, 0.05) is 37.2 Å². The fourth-order valence-corrected chi connectivity index (χ4v) is 2.63. The lowest BCUT2D eigenvalue weighted by molar-refractivity contribution is -0.151. The number of rotatable bonds is 6. The normalized spacial score (nSPS) is 18.0. The van der Waals surface area contributed by atoms with E-state index in [0.29, 0.717) is 5.75 Å². The molecule has 1 aromatic carbocycles. The van der Waals surface area contributed by atoms with Gasteiger partial charge in [-0.2, -0.15) is 0 Å². The lowest BCUT2D eigenvalue weighted by Gasteiger charge is -2.33. The van der Waals surface area contributed by atoms with Gasteiger partial charge >= 0.3 is 5.97 Å². The van der Waals surface area contributed by atoms with E-state index in [0.717, 1.165) is 37.2 Å². The van der Waals surface area contributed by atoms with Gasteiger partial charge in [-0.25, -0.2) is 4.79 Å². The second-order valence-corrected chi connectivity index (χ2v) is 6.56. The maximum Gasteiger partial charge on any atom is 0.344 e. The van der Waals surface area contributed by atoms with Gasteiger partial charge in [0.15, 0.2) is 6.61 Å². The predicted octanol–water partition coefficient (Wildman–Crippen LogP) is 2.01. The van der Waals surface area contributed by atoms with Gasteiger partial charge in [0.1, 0.15) is 11.9 Å². The highest BCUT2D eigenvalue weighted by atomic mass is 79.9. The van der Waals surface area contributed by atoms with Gasteiger partial charge in [-0.3, -0.25) is 4.90 Å². The number of piperazine rings is 1. The molecule has 1 atom stereocenters. The molecule has 5 nitrogen and oxygen atoms in total. The van der Waals surface area contributed by atoms with E-state index < -0.39 is 0 Å². The van der Waals surface area contributed by atoms with Crippen LogP contribution >= 0.6 is 15.9 Å². The van der Waals surface area contributed by atoms with Crippen molar-refractivity contribution in [3.63, 3.8) is 0 Å². The van der Waals surface area contributed by atoms with Crippen LogP contribution in [0.15, 0.2) is 28.7 Å². The number of ether oxygens (including phenoxy) is 2. The molecule has 22 heavy (non-hydrogen) atoms. The van der Waals surface area contributed by atoms with E-state index in [1.54, 1.807) is 0 Å². The predicted molar refractivity (Wildman–Crippen MR) is 89.1 cm³/mol. The molecule has 0 saturated carbocycles. The van der Waals surface area contributed by atoms with Gasteiger partial charge in [0.05, 0.1) is 0 Å². The van der Waals surface area contributed by atoms with Crippen molar-refractivity contribution in [3.8, 4) is 5.75 Å². The summed E-state index contributed by atoms with van der Waals surface area (Å²) in [7, 11) is 2.13. The molecule has 6 heteroatoms. The Morgan fingerprint density at radius 1 is 1.23 bits per heavy atom. The summed E-state index contributed by atoms with van der Waals surface area (Å²) in [5, 5.41) is 0. The maximum atomic E-state index is 11.8. The van der Waals surface area contributed by atoms with Crippen molar-refractivity contribution in [2.75, 3.05) is 46.4 Å². The first-order valence-corrected chi connectivity index (χ1v) is 8.31. The number of carbonyl (C=O) groups is 1. The summed E-state index contributed by atoms with van der Waals surface area (Å²) in [5.74, 6) is 0.330. The summed E-state index contributed by atoms with van der Waals surface area (Å²) < 4.78 is 11.8. The number of hydrogen-bond donors (Lipinski definition) is 0. The van der Waals surface area contributed by atoms with Crippen molar-refractivity contribution >= 4 is 21.9 Å². The number of halogens is 1. The Kier molecular flexibility index (Phi) is 6.67. The molecule has 0 aliphatic carbocycles. The van der Waals surface area contributed by atoms with E-state index >= 15 is 0 Å². The van der Waals surface area contributed by atoms with Crippen LogP contribution in [0.25, 0.3) is 0 Å². The van der Waals surface area contributed by atoms with Crippen LogP contribution in [-0.4, -0.2) is 68.3 Å². The van der Waals surface area contributed by atoms with Crippen molar-refractivity contribution in [1.82, 2.24) is 9.80 Å². The van der Waals surface area contributed by atoms with Gasteiger partial charge in [-0.05, 0) is 38.2 Å². The van der Waals surface area contributed by atoms with E-state index in [1.807, 2.05) is 31.2 Å². The topological polar surface area (TPSA) is 42.0 Å². The van der Waals surface area contributed by atoms with Crippen LogP contribution in [0.4, 0.5) is 0 Å². The molecule has 0 radical (unpaired) electrons. The average molecular weight is 371 g/mol. The van der Waals surface area contributed by atoms with Crippen LogP contribution in [0.1, 0.15) is 6.92 Å². The second-order valence-electron chi connectivity index (χ2n) is 5.65. The van der Waals surface area contributed by atoms with Gasteiger partial charge in [0.25, 0.3) is 0 Å². The molecular formula is C16H23BrN2O3. The third-order valence-electron chi connectivity index (χ3n) is 3.61. The molecule has 1 aromatic rings. The first-order valence-electron chi connectivity index (χ1n) is 7.51. The van der Waals surface area contributed by atoms with E-state index in [9.17, 15) is 4.79 Å². The minimum Gasteiger partial charge on any atom is -0.482 e. The number of esters is 1. The molecule has 2 rings (SSSR count). The van der Waals surface area contributed by atoms with Crippen LogP contribution in [0, 0.1) is 0 Å². The third-order valence-corrected chi connectivity index (χ3v) is 4.14. The SMILES string of the molecule is C[C@H](CN1CCN(C)CC1)OC(=O)COc1ccc(Br)cc1. The largest absolute Gasteiger partial charge is 0.482 e. The molecule has 1 saturated heterocycles. The van der Waals surface area contributed by atoms with Gasteiger partial charge in [-0.15, -0.1) is 0 Å². The zero-order valence-corrected chi connectivity index (χ0v) is 14.7. The van der Waals surface area contributed by atoms with Crippen LogP contribution in [0.3, 0.4) is 0 Å². The summed E-state index contributed by atoms with van der Waals surface area (Å²) in [5.41, 5.74) is 0. The van der Waals surface area contributed by atoms with E-state index in [1.165, 1.54) is 0 Å². The summed E-state index contributed by atoms with van der Waals surface area (Å²) >= 11 is 3.35. The second kappa shape index (κ2) is 8.50. The van der Waals surface area contributed by atoms with E-state index in [-0.39, 0.29) is 18.7 Å². The van der Waals surface area contributed by atoms with Crippen molar-refractivity contribution in [3.05, 3.63) is 28.7 Å². The highest BCUT2D eigenvalue weighted by molar-refractivity contribution is 9.10. The standard InChI is InChI=1S/C16H23BrN2O3/c1-13(11-19-9-7-18(2)8-10-19)22-16(20)12-21-15-5-3-14(17)4-6-15/h3-6,13H,7-12H2,1-2H3/t13-/m1/s1. The number of benzene rings is 1. The molecule has 1 fully saturated rings. The number of carbonyl (C=O) groups excluding carboxylic acids is 1. The van der Waals surface area contributed by atoms with Gasteiger partial charge in [0.2, 0.25) is 0 Å². The van der Waals surface area contributed by atoms with Crippen molar-refractivity contribution < 1.29 is 14.3 Å². The average Bonchev–Trinajstić information content (AvgIpc) is 2.49. The monoisotopic (exact) mass is 370 g/mol. The molecular weight excluding hydrogens is 348 g/mol. The zero-order chi connectivity index (χ0) is 15.9. The molecule has 0 amide bonds. The fourth-order valence-electron chi connectivity index (χ4n) is 2.36. The first-order chi connectivity index (χ1) is 10.5. The molecule has 0 spiro atoms. The fraction of sp³-hybridized carbons (Fsp3) is 0.562. The molecule has 1 heterocycles. The molecule has 122 valence electrons. The minimum atomic E-state index is -0.329. The van der Waals surface area contributed by atoms with E-state index in [4.69, 9.17) is 9.47 Å². The lowest BCUT2D eigenvalue weighted by Crippen LogP contribution is -2.47. The van der Waals surface area contributed by atoms with Crippen molar-refractivity contribution in [2.24, 2.45) is 0 Å². The number of nitrogens with zero attached hydrogens (tertiary/aromatic N) is 2. The Labute approximate surface area is 140 Å². The molecule has 1 aliphatic heterocycles. The Bertz CT molecular complexity index is 473. The minimum absolute atomic E-state index is 0.0608. The van der Waals surface area contributed by atoms with Gasteiger partial charge < -0.3 is 14.4 Å². The quantitative estimate of drug-likeness (QED) is 0.716. The van der Waals surface area contributed by atoms with Crippen LogP contribution < -0.4 is 4.74 Å². The van der Waals surface area contributed by atoms with Crippen molar-refractivity contribution in [2.45, 2.75) is 13.0 Å². The highest BCUT2D eigenvalue weighted by Gasteiger charge is 2.18. The Balaban J connectivity index is 1.66. The van der Waals surface area contributed by atoms with Gasteiger partial charge in [-0.1, -0.05) is 15.9 Å². The van der Waals surface area contributed by atoms with Crippen molar-refractivity contribution in [1.29, 1.82) is 0 Å². The smallest absolute Gasteiger partial charge is 0.344 e. The maximum absolute atomic E-state index is 11.8. The summed E-state index contributed by atoms with van der Waals surface area (Å²) in [6.45, 7) is 6.81. The van der Waals surface area contributed by atoms with E-state index in [2.05, 4.69) is 32.8 Å². The molecule has 0 aromatic heterocycles. The molecule has 1 aliphatic rings. The first kappa shape index (κ1) is 17.2. The van der Waals surface area contributed by atoms with Crippen LogP contribution in [0.2, 0.25) is 0 Å². The highest BCUT2D eigenvalue weighted by Crippen LogP contribution is 2.16. The number of hydrogen-bond acceptors (Lipinski definition) is 5. The Morgan fingerprint density at radius 2 is 1.86 bits per heavy atom. The molecule has 0 N–H and O–H groups in total. The Hall–Kier alpha value is -1.11. The lowest BCUT2D eigenvalue weighted by atomic mass is 10.3. The summed E-state index contributed by atoms with van der Waals surface area (Å²) in [6, 6.07) is 7.36. The summed E-state index contributed by atoms with van der Waals surface area (Å²) in [6.07, 6.45) is -0.121. The van der Waals surface area contributed by atoms with Crippen LogP contribution in [-0.2, 0) is 9.53 Å². The summed E-state index contributed by atoms with van der Waals surface area (Å²) in [4.78, 5) is 16.4. The van der Waals surface area contributed by atoms with Crippen LogP contribution in [0.5, 0.6) is 5.75 Å².